The summed E-state index contributed by atoms with van der Waals surface area (Å²) >= 11 is 12.3. The lowest BCUT2D eigenvalue weighted by molar-refractivity contribution is 0.0995. The molecule has 8 heteroatoms. The maximum Gasteiger partial charge on any atom is 0.250 e. The number of carbonyl (C=O) groups is 1. The van der Waals surface area contributed by atoms with E-state index in [1.165, 1.54) is 43.6 Å². The van der Waals surface area contributed by atoms with E-state index in [1.54, 1.807) is 18.2 Å². The van der Waals surface area contributed by atoms with E-state index in [4.69, 9.17) is 38.4 Å². The summed E-state index contributed by atoms with van der Waals surface area (Å²) in [6, 6.07) is 11.7. The first-order valence-corrected chi connectivity index (χ1v) is 8.86. The number of hydrogen-bond acceptors (Lipinski definition) is 4. The zero-order valence-electron chi connectivity index (χ0n) is 14.7. The average Bonchev–Trinajstić information content (AvgIpc) is 2.68. The van der Waals surface area contributed by atoms with Crippen LogP contribution in [0.4, 0.5) is 4.39 Å². The molecule has 0 aliphatic heterocycles. The summed E-state index contributed by atoms with van der Waals surface area (Å²) in [6.45, 7) is 0. The van der Waals surface area contributed by atoms with Crippen LogP contribution in [0.5, 0.6) is 11.5 Å². The summed E-state index contributed by atoms with van der Waals surface area (Å²) in [5.74, 6) is -0.653. The number of hydrogen-bond donors (Lipinski definition) is 1. The van der Waals surface area contributed by atoms with Gasteiger partial charge in [0.25, 0.3) is 5.91 Å². The molecule has 2 N–H and O–H groups in total. The molecule has 28 heavy (non-hydrogen) atoms. The van der Waals surface area contributed by atoms with Gasteiger partial charge < -0.3 is 15.2 Å². The highest BCUT2D eigenvalue weighted by molar-refractivity contribution is 6.34. The Bertz CT molecular complexity index is 1030. The smallest absolute Gasteiger partial charge is 0.250 e. The second-order valence-electron chi connectivity index (χ2n) is 5.76. The van der Waals surface area contributed by atoms with Crippen LogP contribution < -0.4 is 15.2 Å². The van der Waals surface area contributed by atoms with Crippen molar-refractivity contribution in [1.82, 2.24) is 4.98 Å². The van der Waals surface area contributed by atoms with Crippen LogP contribution in [0, 0.1) is 5.82 Å². The highest BCUT2D eigenvalue weighted by Gasteiger charge is 2.27. The summed E-state index contributed by atoms with van der Waals surface area (Å²) in [4.78, 5) is 16.2. The molecule has 0 aliphatic rings. The standard InChI is InChI=1S/C20H15Cl2FN2O3/c1-27-16-7-5-12(23)10-14(16)19(18-13(20(24)26)3-2-8-25-18)28-17-9-11(21)4-6-15(17)22/h2-10,19H,1H3,(H2,24,26). The van der Waals surface area contributed by atoms with Crippen LogP contribution in [0.1, 0.15) is 27.7 Å². The molecule has 1 unspecified atom stereocenters. The molecule has 1 atom stereocenters. The van der Waals surface area contributed by atoms with Crippen molar-refractivity contribution in [2.75, 3.05) is 7.11 Å². The fourth-order valence-electron chi connectivity index (χ4n) is 2.71. The second kappa shape index (κ2) is 8.46. The number of nitrogens with zero attached hydrogens (tertiary/aromatic N) is 1. The predicted octanol–water partition coefficient (Wildman–Crippen LogP) is 4.80. The molecule has 0 fully saturated rings. The van der Waals surface area contributed by atoms with Crippen molar-refractivity contribution in [2.45, 2.75) is 6.10 Å². The van der Waals surface area contributed by atoms with Crippen molar-refractivity contribution in [3.8, 4) is 11.5 Å². The van der Waals surface area contributed by atoms with Crippen LogP contribution in [-0.4, -0.2) is 18.0 Å². The molecule has 0 saturated heterocycles. The van der Waals surface area contributed by atoms with Gasteiger partial charge in [0.15, 0.2) is 6.10 Å². The molecule has 3 rings (SSSR count). The molecule has 1 heterocycles. The van der Waals surface area contributed by atoms with Crippen LogP contribution in [0.15, 0.2) is 54.7 Å². The van der Waals surface area contributed by atoms with Crippen LogP contribution >= 0.6 is 23.2 Å². The molecule has 1 amide bonds. The number of ether oxygens (including phenoxy) is 2. The molecule has 0 saturated carbocycles. The van der Waals surface area contributed by atoms with Crippen molar-refractivity contribution in [3.05, 3.63) is 87.4 Å². The topological polar surface area (TPSA) is 74.4 Å². The van der Waals surface area contributed by atoms with Crippen molar-refractivity contribution >= 4 is 29.1 Å². The zero-order valence-corrected chi connectivity index (χ0v) is 16.2. The summed E-state index contributed by atoms with van der Waals surface area (Å²) in [5.41, 5.74) is 6.11. The van der Waals surface area contributed by atoms with Gasteiger partial charge in [0.2, 0.25) is 0 Å². The first kappa shape index (κ1) is 19.9. The van der Waals surface area contributed by atoms with Crippen LogP contribution in [-0.2, 0) is 0 Å². The van der Waals surface area contributed by atoms with Gasteiger partial charge in [-0.3, -0.25) is 9.78 Å². The van der Waals surface area contributed by atoms with E-state index < -0.39 is 17.8 Å². The van der Waals surface area contributed by atoms with Crippen LogP contribution in [0.3, 0.4) is 0 Å². The Morgan fingerprint density at radius 1 is 1.14 bits per heavy atom. The molecule has 5 nitrogen and oxygen atoms in total. The molecular weight excluding hydrogens is 406 g/mol. The average molecular weight is 421 g/mol. The second-order valence-corrected chi connectivity index (χ2v) is 6.60. The molecule has 0 bridgehead atoms. The predicted molar refractivity (Wildman–Crippen MR) is 105 cm³/mol. The Labute approximate surface area is 170 Å². The van der Waals surface area contributed by atoms with Crippen molar-refractivity contribution < 1.29 is 18.7 Å². The van der Waals surface area contributed by atoms with E-state index in [-0.39, 0.29) is 22.0 Å². The van der Waals surface area contributed by atoms with Gasteiger partial charge in [0.1, 0.15) is 17.3 Å². The van der Waals surface area contributed by atoms with Gasteiger partial charge in [0, 0.05) is 22.8 Å². The van der Waals surface area contributed by atoms with Gasteiger partial charge in [-0.1, -0.05) is 23.2 Å². The number of halogens is 3. The van der Waals surface area contributed by atoms with E-state index in [1.807, 2.05) is 0 Å². The Morgan fingerprint density at radius 2 is 1.93 bits per heavy atom. The summed E-state index contributed by atoms with van der Waals surface area (Å²) in [6.07, 6.45) is 0.439. The third-order valence-corrected chi connectivity index (χ3v) is 4.51. The molecule has 1 aromatic heterocycles. The van der Waals surface area contributed by atoms with Gasteiger partial charge in [0.05, 0.1) is 23.4 Å². The third kappa shape index (κ3) is 4.18. The van der Waals surface area contributed by atoms with Gasteiger partial charge in [-0.05, 0) is 42.5 Å². The fourth-order valence-corrected chi connectivity index (χ4v) is 3.03. The molecule has 2 aromatic carbocycles. The van der Waals surface area contributed by atoms with Gasteiger partial charge >= 0.3 is 0 Å². The molecule has 144 valence electrons. The number of aromatic nitrogens is 1. The van der Waals surface area contributed by atoms with E-state index in [0.29, 0.717) is 16.3 Å². The van der Waals surface area contributed by atoms with E-state index in [9.17, 15) is 9.18 Å². The number of rotatable bonds is 6. The van der Waals surface area contributed by atoms with Crippen molar-refractivity contribution in [3.63, 3.8) is 0 Å². The van der Waals surface area contributed by atoms with E-state index >= 15 is 0 Å². The van der Waals surface area contributed by atoms with Crippen LogP contribution in [0.2, 0.25) is 10.0 Å². The molecule has 3 aromatic rings. The van der Waals surface area contributed by atoms with Gasteiger partial charge in [-0.15, -0.1) is 0 Å². The molecule has 0 aliphatic carbocycles. The lowest BCUT2D eigenvalue weighted by atomic mass is 10.00. The maximum absolute atomic E-state index is 14.0. The summed E-state index contributed by atoms with van der Waals surface area (Å²) in [7, 11) is 1.44. The SMILES string of the molecule is COc1ccc(F)cc1C(Oc1cc(Cl)ccc1Cl)c1ncccc1C(N)=O. The maximum atomic E-state index is 14.0. The Kier molecular flexibility index (Phi) is 6.02. The molecular formula is C20H15Cl2FN2O3. The van der Waals surface area contributed by atoms with Gasteiger partial charge in [-0.25, -0.2) is 4.39 Å². The summed E-state index contributed by atoms with van der Waals surface area (Å²) < 4.78 is 25.4. The largest absolute Gasteiger partial charge is 0.496 e. The lowest BCUT2D eigenvalue weighted by Gasteiger charge is -2.23. The lowest BCUT2D eigenvalue weighted by Crippen LogP contribution is -2.20. The van der Waals surface area contributed by atoms with E-state index in [0.717, 1.165) is 0 Å². The monoisotopic (exact) mass is 420 g/mol. The minimum Gasteiger partial charge on any atom is -0.496 e. The highest BCUT2D eigenvalue weighted by atomic mass is 35.5. The Balaban J connectivity index is 2.22. The fraction of sp³-hybridized carbons (Fsp3) is 0.100. The third-order valence-electron chi connectivity index (χ3n) is 3.96. The van der Waals surface area contributed by atoms with E-state index in [2.05, 4.69) is 4.98 Å². The number of benzene rings is 2. The highest BCUT2D eigenvalue weighted by Crippen LogP contribution is 2.38. The number of nitrogens with two attached hydrogens (primary N) is 1. The number of pyridine rings is 1. The number of amides is 1. The number of primary amides is 1. The zero-order chi connectivity index (χ0) is 20.3. The van der Waals surface area contributed by atoms with Gasteiger partial charge in [-0.2, -0.15) is 0 Å². The summed E-state index contributed by atoms with van der Waals surface area (Å²) in [5, 5.41) is 0.668. The minimum atomic E-state index is -1.04. The quantitative estimate of drug-likeness (QED) is 0.620. The van der Waals surface area contributed by atoms with Crippen molar-refractivity contribution in [2.24, 2.45) is 5.73 Å². The normalized spacial score (nSPS) is 11.7. The first-order valence-electron chi connectivity index (χ1n) is 8.10. The van der Waals surface area contributed by atoms with Crippen molar-refractivity contribution in [1.29, 1.82) is 0 Å². The number of carbonyl (C=O) groups excluding carboxylic acids is 1. The molecule has 0 radical (unpaired) electrons. The number of methoxy groups -OCH3 is 1. The Hall–Kier alpha value is -2.83. The minimum absolute atomic E-state index is 0.122. The first-order chi connectivity index (χ1) is 13.4. The van der Waals surface area contributed by atoms with Crippen LogP contribution in [0.25, 0.3) is 0 Å². The molecule has 0 spiro atoms. The Morgan fingerprint density at radius 3 is 2.64 bits per heavy atom.